The van der Waals surface area contributed by atoms with Gasteiger partial charge in [-0.15, -0.1) is 0 Å². The van der Waals surface area contributed by atoms with Crippen LogP contribution in [0, 0.1) is 0 Å². The van der Waals surface area contributed by atoms with Gasteiger partial charge in [-0.05, 0) is 36.3 Å². The maximum atomic E-state index is 14.2. The zero-order valence-electron chi connectivity index (χ0n) is 34.1. The van der Waals surface area contributed by atoms with E-state index in [0.717, 1.165) is 0 Å². The molecule has 0 aromatic carbocycles. The maximum Gasteiger partial charge on any atom is 0.403 e. The number of rotatable bonds is 6. The third kappa shape index (κ3) is 8.17. The molecule has 4 aromatic heterocycles. The van der Waals surface area contributed by atoms with Gasteiger partial charge >= 0.3 is 15.5 Å². The normalized spacial score (nSPS) is 33.2. The molecule has 0 spiro atoms. The standard InChI is InChI=1S/C32H54N12O10P2Si2/c1-31(2,3)57(7,8)53-23-19-17(51-29(23)43-15-39-21-25(33)35-13-37-27(21)43)11-49-56(47,48)42-20-18(12-50-55(45,46)41-19)52-30(24(20)54-58(9,10)32(4,5)6)44-16-40-22-26(34)36-14-38-28(22)44/h13-20,23-24,29-30H,11-12H2,1-10H3,(H2,33,35,37)(H2,34,36,38)(H2,41,45,46)(H2,42,47,48)/t17-,18-,19-,20-,23?,24?,29-,30-/m1/s1. The van der Waals surface area contributed by atoms with Crippen molar-refractivity contribution < 1.29 is 46.3 Å². The van der Waals surface area contributed by atoms with Crippen LogP contribution >= 0.6 is 15.5 Å². The molecular weight excluding hydrogens is 831 g/mol. The summed E-state index contributed by atoms with van der Waals surface area (Å²) in [5, 5.41) is 4.92. The van der Waals surface area contributed by atoms with Gasteiger partial charge in [0, 0.05) is 0 Å². The molecule has 26 heteroatoms. The average Bonchev–Trinajstić information content (AvgIpc) is 3.87. The van der Waals surface area contributed by atoms with Crippen molar-refractivity contribution >= 4 is 66.1 Å². The van der Waals surface area contributed by atoms with Gasteiger partial charge in [0.15, 0.2) is 52.0 Å². The first-order valence-corrected chi connectivity index (χ1v) is 27.8. The van der Waals surface area contributed by atoms with Crippen molar-refractivity contribution in [3.8, 4) is 0 Å². The summed E-state index contributed by atoms with van der Waals surface area (Å²) in [5.41, 5.74) is 13.5. The van der Waals surface area contributed by atoms with E-state index >= 15 is 0 Å². The van der Waals surface area contributed by atoms with E-state index in [2.05, 4.69) is 81.6 Å². The lowest BCUT2D eigenvalue weighted by atomic mass is 10.1. The number of nitrogens with one attached hydrogen (secondary N) is 2. The number of hydrogen-bond acceptors (Lipinski definition) is 16. The Morgan fingerprint density at radius 2 is 1.05 bits per heavy atom. The third-order valence-corrected chi connectivity index (χ3v) is 23.1. The van der Waals surface area contributed by atoms with Gasteiger partial charge in [0.05, 0.1) is 38.0 Å². The van der Waals surface area contributed by atoms with Crippen LogP contribution in [0.1, 0.15) is 54.0 Å². The second-order valence-electron chi connectivity index (χ2n) is 17.9. The molecule has 3 aliphatic rings. The van der Waals surface area contributed by atoms with Gasteiger partial charge in [-0.25, -0.2) is 49.2 Å². The van der Waals surface area contributed by atoms with Crippen LogP contribution in [0.2, 0.25) is 36.3 Å². The van der Waals surface area contributed by atoms with E-state index in [4.69, 9.17) is 38.8 Å². The van der Waals surface area contributed by atoms with E-state index in [1.807, 2.05) is 26.2 Å². The summed E-state index contributed by atoms with van der Waals surface area (Å²) in [6.07, 6.45) is -0.827. The highest BCUT2D eigenvalue weighted by molar-refractivity contribution is 7.50. The zero-order valence-corrected chi connectivity index (χ0v) is 37.9. The first kappa shape index (κ1) is 43.3. The number of anilines is 2. The van der Waals surface area contributed by atoms with Gasteiger partial charge in [-0.3, -0.25) is 18.2 Å². The fraction of sp³-hybridized carbons (Fsp3) is 0.688. The first-order chi connectivity index (χ1) is 26.8. The van der Waals surface area contributed by atoms with Crippen LogP contribution in [0.25, 0.3) is 22.3 Å². The van der Waals surface area contributed by atoms with Gasteiger partial charge in [0.2, 0.25) is 0 Å². The molecule has 0 amide bonds. The lowest BCUT2D eigenvalue weighted by Gasteiger charge is -2.41. The van der Waals surface area contributed by atoms with E-state index in [9.17, 15) is 18.9 Å². The number of nitrogens with two attached hydrogens (primary N) is 2. The number of hydrogen-bond donors (Lipinski definition) is 6. The SMILES string of the molecule is CC(C)(C)[Si](C)(C)OC1[C@H](n2cnc3c(N)ncnc32)O[C@@H]2COP(=O)(O)N[C@H]3C(O[Si](C)(C)C(C)(C)C)[C@H](n4cnc5c(N)ncnc54)O[C@@H]3COP(=O)(O)N[C@@H]12. The van der Waals surface area contributed by atoms with Crippen LogP contribution in [0.5, 0.6) is 0 Å². The first-order valence-electron chi connectivity index (χ1n) is 18.8. The van der Waals surface area contributed by atoms with Gasteiger partial charge in [0.1, 0.15) is 48.1 Å². The quantitative estimate of drug-likeness (QED) is 0.119. The smallest absolute Gasteiger partial charge is 0.403 e. The molecule has 58 heavy (non-hydrogen) atoms. The predicted octanol–water partition coefficient (Wildman–Crippen LogP) is 3.57. The molecule has 3 aliphatic heterocycles. The number of nitrogen functional groups attached to an aromatic ring is 2. The van der Waals surface area contributed by atoms with Gasteiger partial charge in [0.25, 0.3) is 0 Å². The fourth-order valence-electron chi connectivity index (χ4n) is 6.72. The second kappa shape index (κ2) is 15.0. The van der Waals surface area contributed by atoms with Crippen molar-refractivity contribution in [2.24, 2.45) is 0 Å². The molecule has 3 fully saturated rings. The summed E-state index contributed by atoms with van der Waals surface area (Å²) >= 11 is 0. The lowest BCUT2D eigenvalue weighted by Crippen LogP contribution is -2.54. The minimum atomic E-state index is -4.75. The summed E-state index contributed by atoms with van der Waals surface area (Å²) in [5.74, 6) is 0.281. The minimum absolute atomic E-state index is 0.140. The topological polar surface area (TPSA) is 293 Å². The molecule has 4 aromatic rings. The molecule has 22 nitrogen and oxygen atoms in total. The highest BCUT2D eigenvalue weighted by atomic mass is 31.2. The van der Waals surface area contributed by atoms with Gasteiger partial charge in [-0.1, -0.05) is 41.5 Å². The molecule has 7 rings (SSSR count). The van der Waals surface area contributed by atoms with Gasteiger partial charge in [-0.2, -0.15) is 0 Å². The predicted molar refractivity (Wildman–Crippen MR) is 217 cm³/mol. The van der Waals surface area contributed by atoms with Crippen LogP contribution in [0.15, 0.2) is 25.3 Å². The molecule has 320 valence electrons. The molecule has 3 saturated heterocycles. The van der Waals surface area contributed by atoms with Crippen LogP contribution in [0.4, 0.5) is 11.6 Å². The highest BCUT2D eigenvalue weighted by Gasteiger charge is 2.57. The van der Waals surface area contributed by atoms with E-state index in [1.165, 1.54) is 25.3 Å². The number of ether oxygens (including phenoxy) is 2. The Balaban J connectivity index is 1.27. The van der Waals surface area contributed by atoms with E-state index in [0.29, 0.717) is 22.3 Å². The molecule has 8 N–H and O–H groups in total. The zero-order chi connectivity index (χ0) is 42.4. The largest absolute Gasteiger partial charge is 0.408 e. The molecular formula is C32H54N12O10P2Si2. The van der Waals surface area contributed by atoms with Crippen LogP contribution in [-0.2, 0) is 36.5 Å². The monoisotopic (exact) mass is 884 g/mol. The Morgan fingerprint density at radius 3 is 1.40 bits per heavy atom. The molecule has 10 atom stereocenters. The fourth-order valence-corrected chi connectivity index (χ4v) is 11.5. The Hall–Kier alpha value is -2.81. The number of aromatic nitrogens is 8. The van der Waals surface area contributed by atoms with Crippen LogP contribution in [-0.4, -0.2) is 115 Å². The Kier molecular flexibility index (Phi) is 11.2. The summed E-state index contributed by atoms with van der Waals surface area (Å²) < 4.78 is 70.3. The molecule has 0 saturated carbocycles. The molecule has 0 radical (unpaired) electrons. The minimum Gasteiger partial charge on any atom is -0.408 e. The number of fused-ring (bicyclic) bond motifs is 4. The Morgan fingerprint density at radius 1 is 0.690 bits per heavy atom. The van der Waals surface area contributed by atoms with Crippen LogP contribution < -0.4 is 21.6 Å². The van der Waals surface area contributed by atoms with E-state index in [1.54, 1.807) is 9.13 Å². The van der Waals surface area contributed by atoms with E-state index in [-0.39, 0.29) is 21.7 Å². The van der Waals surface area contributed by atoms with E-state index < -0.39 is 94.3 Å². The second-order valence-corrected chi connectivity index (χ2v) is 30.6. The van der Waals surface area contributed by atoms with Crippen molar-refractivity contribution in [2.45, 2.75) is 127 Å². The molecule has 0 bridgehead atoms. The lowest BCUT2D eigenvalue weighted by molar-refractivity contribution is -0.0461. The summed E-state index contributed by atoms with van der Waals surface area (Å²) in [7, 11) is -14.9. The maximum absolute atomic E-state index is 14.2. The van der Waals surface area contributed by atoms with Crippen molar-refractivity contribution in [1.29, 1.82) is 0 Å². The average molecular weight is 885 g/mol. The van der Waals surface area contributed by atoms with Crippen molar-refractivity contribution in [3.63, 3.8) is 0 Å². The highest BCUT2D eigenvalue weighted by Crippen LogP contribution is 2.51. The Labute approximate surface area is 337 Å². The number of nitrogens with zero attached hydrogens (tertiary/aromatic N) is 8. The van der Waals surface area contributed by atoms with Crippen molar-refractivity contribution in [3.05, 3.63) is 25.3 Å². The summed E-state index contributed by atoms with van der Waals surface area (Å²) in [6, 6.07) is -2.26. The third-order valence-electron chi connectivity index (χ3n) is 11.9. The molecule has 7 heterocycles. The van der Waals surface area contributed by atoms with Gasteiger partial charge < -0.3 is 39.6 Å². The Bertz CT molecular complexity index is 2110. The summed E-state index contributed by atoms with van der Waals surface area (Å²) in [6.45, 7) is 19.3. The van der Waals surface area contributed by atoms with Crippen molar-refractivity contribution in [1.82, 2.24) is 49.2 Å². The van der Waals surface area contributed by atoms with Crippen molar-refractivity contribution in [2.75, 3.05) is 24.7 Å². The summed E-state index contributed by atoms with van der Waals surface area (Å²) in [4.78, 5) is 48.8. The molecule has 0 aliphatic carbocycles. The number of imidazole rings is 2. The van der Waals surface area contributed by atoms with Crippen LogP contribution in [0.3, 0.4) is 0 Å². The molecule has 4 unspecified atom stereocenters.